The summed E-state index contributed by atoms with van der Waals surface area (Å²) < 4.78 is 5.26. The van der Waals surface area contributed by atoms with E-state index < -0.39 is 0 Å². The van der Waals surface area contributed by atoms with Crippen molar-refractivity contribution >= 4 is 5.91 Å². The van der Waals surface area contributed by atoms with Crippen LogP contribution in [0.4, 0.5) is 0 Å². The first-order valence-electron chi connectivity index (χ1n) is 9.36. The van der Waals surface area contributed by atoms with Gasteiger partial charge in [-0.2, -0.15) is 0 Å². The summed E-state index contributed by atoms with van der Waals surface area (Å²) in [6, 6.07) is 18.1. The first-order chi connectivity index (χ1) is 12.7. The predicted molar refractivity (Wildman–Crippen MR) is 104 cm³/mol. The minimum absolute atomic E-state index is 0.0838. The molecule has 1 atom stereocenters. The van der Waals surface area contributed by atoms with Gasteiger partial charge < -0.3 is 10.1 Å². The fourth-order valence-corrected chi connectivity index (χ4v) is 3.71. The maximum absolute atomic E-state index is 13.1. The molecular formula is C22H28N2O2. The molecule has 2 aromatic carbocycles. The fourth-order valence-electron chi connectivity index (χ4n) is 3.71. The molecule has 1 unspecified atom stereocenters. The van der Waals surface area contributed by atoms with Gasteiger partial charge in [0.05, 0.1) is 7.11 Å². The van der Waals surface area contributed by atoms with Crippen LogP contribution in [0.3, 0.4) is 0 Å². The number of nitrogens with zero attached hydrogens (tertiary/aromatic N) is 1. The van der Waals surface area contributed by atoms with E-state index in [4.69, 9.17) is 4.74 Å². The van der Waals surface area contributed by atoms with Gasteiger partial charge in [0.15, 0.2) is 0 Å². The van der Waals surface area contributed by atoms with Crippen molar-refractivity contribution in [2.24, 2.45) is 0 Å². The van der Waals surface area contributed by atoms with Crippen molar-refractivity contribution < 1.29 is 9.53 Å². The van der Waals surface area contributed by atoms with E-state index in [0.717, 1.165) is 30.7 Å². The van der Waals surface area contributed by atoms with Gasteiger partial charge in [-0.05, 0) is 43.1 Å². The minimum Gasteiger partial charge on any atom is -0.497 e. The summed E-state index contributed by atoms with van der Waals surface area (Å²) in [6.07, 6.45) is 4.59. The number of hydrogen-bond acceptors (Lipinski definition) is 3. The molecule has 0 saturated heterocycles. The van der Waals surface area contributed by atoms with Crippen LogP contribution in [0.25, 0.3) is 0 Å². The molecule has 1 N–H and O–H groups in total. The second-order valence-electron chi connectivity index (χ2n) is 7.07. The molecule has 26 heavy (non-hydrogen) atoms. The Hall–Kier alpha value is -2.33. The van der Waals surface area contributed by atoms with Crippen LogP contribution in [-0.4, -0.2) is 31.0 Å². The highest BCUT2D eigenvalue weighted by atomic mass is 16.5. The van der Waals surface area contributed by atoms with Gasteiger partial charge in [-0.15, -0.1) is 0 Å². The second kappa shape index (κ2) is 8.86. The SMILES string of the molecule is COc1ccc(C(C(=O)NC2CCCC2)N(C)Cc2ccccc2)cc1. The van der Waals surface area contributed by atoms with E-state index in [0.29, 0.717) is 6.04 Å². The largest absolute Gasteiger partial charge is 0.497 e. The summed E-state index contributed by atoms with van der Waals surface area (Å²) in [5.74, 6) is 0.884. The van der Waals surface area contributed by atoms with Crippen LogP contribution in [0, 0.1) is 0 Å². The highest BCUT2D eigenvalue weighted by Gasteiger charge is 2.28. The van der Waals surface area contributed by atoms with Crippen LogP contribution in [0.5, 0.6) is 5.75 Å². The number of methoxy groups -OCH3 is 1. The van der Waals surface area contributed by atoms with Crippen LogP contribution in [0.1, 0.15) is 42.9 Å². The van der Waals surface area contributed by atoms with Gasteiger partial charge >= 0.3 is 0 Å². The summed E-state index contributed by atoms with van der Waals surface area (Å²) in [6.45, 7) is 0.718. The average molecular weight is 352 g/mol. The number of benzene rings is 2. The topological polar surface area (TPSA) is 41.6 Å². The summed E-state index contributed by atoms with van der Waals surface area (Å²) in [4.78, 5) is 15.2. The number of carbonyl (C=O) groups is 1. The van der Waals surface area contributed by atoms with Crippen molar-refractivity contribution in [3.63, 3.8) is 0 Å². The van der Waals surface area contributed by atoms with Crippen LogP contribution < -0.4 is 10.1 Å². The van der Waals surface area contributed by atoms with Gasteiger partial charge in [0.2, 0.25) is 5.91 Å². The highest BCUT2D eigenvalue weighted by molar-refractivity contribution is 5.83. The molecule has 4 nitrogen and oxygen atoms in total. The molecule has 2 aromatic rings. The van der Waals surface area contributed by atoms with E-state index in [1.54, 1.807) is 7.11 Å². The zero-order valence-electron chi connectivity index (χ0n) is 15.7. The Morgan fingerprint density at radius 3 is 2.38 bits per heavy atom. The smallest absolute Gasteiger partial charge is 0.242 e. The highest BCUT2D eigenvalue weighted by Crippen LogP contribution is 2.26. The normalized spacial score (nSPS) is 15.8. The molecule has 3 rings (SSSR count). The number of hydrogen-bond donors (Lipinski definition) is 1. The van der Waals surface area contributed by atoms with E-state index in [1.165, 1.54) is 18.4 Å². The summed E-state index contributed by atoms with van der Waals surface area (Å²) >= 11 is 0. The van der Waals surface area contributed by atoms with Crippen molar-refractivity contribution in [1.29, 1.82) is 0 Å². The molecule has 1 aliphatic carbocycles. The van der Waals surface area contributed by atoms with Crippen LogP contribution >= 0.6 is 0 Å². The molecule has 1 aliphatic rings. The lowest BCUT2D eigenvalue weighted by Gasteiger charge is -2.29. The lowest BCUT2D eigenvalue weighted by Crippen LogP contribution is -2.42. The third-order valence-electron chi connectivity index (χ3n) is 5.10. The quantitative estimate of drug-likeness (QED) is 0.821. The Morgan fingerprint density at radius 2 is 1.77 bits per heavy atom. The predicted octanol–water partition coefficient (Wildman–Crippen LogP) is 3.93. The van der Waals surface area contributed by atoms with Gasteiger partial charge in [0, 0.05) is 12.6 Å². The monoisotopic (exact) mass is 352 g/mol. The summed E-state index contributed by atoms with van der Waals surface area (Å²) in [5.41, 5.74) is 2.18. The average Bonchev–Trinajstić information content (AvgIpc) is 3.16. The van der Waals surface area contributed by atoms with Gasteiger partial charge in [-0.25, -0.2) is 0 Å². The molecule has 0 bridgehead atoms. The number of amides is 1. The Balaban J connectivity index is 1.80. The van der Waals surface area contributed by atoms with Gasteiger partial charge in [0.1, 0.15) is 11.8 Å². The van der Waals surface area contributed by atoms with Crippen molar-refractivity contribution in [1.82, 2.24) is 10.2 Å². The molecule has 1 amide bonds. The number of rotatable bonds is 7. The Bertz CT molecular complexity index is 694. The Kier molecular flexibility index (Phi) is 6.29. The summed E-state index contributed by atoms with van der Waals surface area (Å²) in [7, 11) is 3.66. The molecular weight excluding hydrogens is 324 g/mol. The van der Waals surface area contributed by atoms with E-state index in [-0.39, 0.29) is 11.9 Å². The Morgan fingerprint density at radius 1 is 1.12 bits per heavy atom. The van der Waals surface area contributed by atoms with Crippen molar-refractivity contribution in [2.45, 2.75) is 44.3 Å². The first-order valence-corrected chi connectivity index (χ1v) is 9.36. The molecule has 0 radical (unpaired) electrons. The number of carbonyl (C=O) groups excluding carboxylic acids is 1. The minimum atomic E-state index is -0.318. The van der Waals surface area contributed by atoms with Crippen molar-refractivity contribution in [3.8, 4) is 5.75 Å². The molecule has 138 valence electrons. The van der Waals surface area contributed by atoms with Gasteiger partial charge in [-0.1, -0.05) is 55.3 Å². The first kappa shape index (κ1) is 18.5. The van der Waals surface area contributed by atoms with Crippen LogP contribution in [-0.2, 0) is 11.3 Å². The molecule has 4 heteroatoms. The summed E-state index contributed by atoms with van der Waals surface area (Å²) in [5, 5.41) is 3.26. The molecule has 0 heterocycles. The molecule has 1 fully saturated rings. The van der Waals surface area contributed by atoms with E-state index in [9.17, 15) is 4.79 Å². The van der Waals surface area contributed by atoms with Crippen molar-refractivity contribution in [2.75, 3.05) is 14.2 Å². The fraction of sp³-hybridized carbons (Fsp3) is 0.409. The Labute approximate surface area is 156 Å². The molecule has 0 aromatic heterocycles. The lowest BCUT2D eigenvalue weighted by molar-refractivity contribution is -0.127. The standard InChI is InChI=1S/C22H28N2O2/c1-24(16-17-8-4-3-5-9-17)21(18-12-14-20(26-2)15-13-18)22(25)23-19-10-6-7-11-19/h3-5,8-9,12-15,19,21H,6-7,10-11,16H2,1-2H3,(H,23,25). The van der Waals surface area contributed by atoms with E-state index in [2.05, 4.69) is 22.3 Å². The van der Waals surface area contributed by atoms with Gasteiger partial charge in [0.25, 0.3) is 0 Å². The lowest BCUT2D eigenvalue weighted by atomic mass is 10.0. The number of nitrogens with one attached hydrogen (secondary N) is 1. The number of likely N-dealkylation sites (N-methyl/N-ethyl adjacent to an activating group) is 1. The maximum Gasteiger partial charge on any atom is 0.242 e. The van der Waals surface area contributed by atoms with E-state index in [1.807, 2.05) is 49.5 Å². The molecule has 1 saturated carbocycles. The zero-order chi connectivity index (χ0) is 18.4. The zero-order valence-corrected chi connectivity index (χ0v) is 15.7. The third kappa shape index (κ3) is 4.64. The second-order valence-corrected chi connectivity index (χ2v) is 7.07. The maximum atomic E-state index is 13.1. The van der Waals surface area contributed by atoms with Crippen LogP contribution in [0.15, 0.2) is 54.6 Å². The van der Waals surface area contributed by atoms with Crippen LogP contribution in [0.2, 0.25) is 0 Å². The molecule has 0 spiro atoms. The third-order valence-corrected chi connectivity index (χ3v) is 5.10. The van der Waals surface area contributed by atoms with Crippen molar-refractivity contribution in [3.05, 3.63) is 65.7 Å². The van der Waals surface area contributed by atoms with Gasteiger partial charge in [-0.3, -0.25) is 9.69 Å². The van der Waals surface area contributed by atoms with E-state index >= 15 is 0 Å². The molecule has 0 aliphatic heterocycles. The number of ether oxygens (including phenoxy) is 1.